The molecule has 0 bridgehead atoms. The second-order valence-corrected chi connectivity index (χ2v) is 25.1. The number of carbonyl (C=O) groups is 4. The second-order valence-electron chi connectivity index (χ2n) is 20.0. The van der Waals surface area contributed by atoms with Gasteiger partial charge in [-0.3, -0.25) is 9.59 Å². The van der Waals surface area contributed by atoms with E-state index in [0.29, 0.717) is 40.5 Å². The van der Waals surface area contributed by atoms with Gasteiger partial charge < -0.3 is 53.9 Å². The van der Waals surface area contributed by atoms with Gasteiger partial charge in [0.05, 0.1) is 88.6 Å². The molecule has 6 heterocycles. The molecule has 0 radical (unpaired) electrons. The lowest BCUT2D eigenvalue weighted by molar-refractivity contribution is -0.136. The van der Waals surface area contributed by atoms with Crippen LogP contribution in [0.4, 0.5) is 18.4 Å². The number of amides is 4. The number of carbonyl (C=O) groups excluding carboxylic acids is 4. The minimum absolute atomic E-state index is 0.0181. The molecule has 0 saturated carbocycles. The molecular formula is C51H59F2N9O8Si. The van der Waals surface area contributed by atoms with Gasteiger partial charge in [-0.25, -0.2) is 28.3 Å². The summed E-state index contributed by atoms with van der Waals surface area (Å²) in [4.78, 5) is 71.6. The van der Waals surface area contributed by atoms with Crippen molar-refractivity contribution in [3.8, 4) is 45.3 Å². The number of nitrogens with zero attached hydrogens (tertiary/aromatic N) is 5. The van der Waals surface area contributed by atoms with Crippen molar-refractivity contribution < 1.29 is 46.9 Å². The number of nitrogens with one attached hydrogen (secondary N) is 4. The summed E-state index contributed by atoms with van der Waals surface area (Å²) in [5, 5.41) is 6.11. The predicted molar refractivity (Wildman–Crippen MR) is 263 cm³/mol. The average molecular weight is 992 g/mol. The molecule has 4 N–H and O–H groups in total. The third-order valence-corrected chi connectivity index (χ3v) is 16.5. The van der Waals surface area contributed by atoms with E-state index in [9.17, 15) is 19.2 Å². The van der Waals surface area contributed by atoms with Gasteiger partial charge in [-0.2, -0.15) is 0 Å². The third-order valence-electron chi connectivity index (χ3n) is 13.8. The van der Waals surface area contributed by atoms with Crippen molar-refractivity contribution in [1.29, 1.82) is 0 Å². The van der Waals surface area contributed by atoms with Crippen LogP contribution >= 0.6 is 0 Å². The highest BCUT2D eigenvalue weighted by molar-refractivity contribution is 6.78. The monoisotopic (exact) mass is 991 g/mol. The number of hydrogen-bond acceptors (Lipinski definition) is 10. The highest BCUT2D eigenvalue weighted by atomic mass is 28.3. The van der Waals surface area contributed by atoms with Crippen LogP contribution in [0, 0.1) is 17.7 Å². The van der Waals surface area contributed by atoms with Gasteiger partial charge in [0.25, 0.3) is 0 Å². The standard InChI is InChI=1S/C51H59F2N9O8Si/c1-26(2)43(58-50(65)68-6)47(63)60-23-32(52)20-39(60)45-54-22-36(57-45)30-17-34(53)42-38-18-31-15-28(13-14-37(31)62(38)49(70-41(42)19-30)29-11-10-12-33(16-29)67-5)35-21-55-46(56-35)40-24-71(8,9)25-61(40)48(64)44(27(3)4)59-51(66)69-7/h10-19,21-22,26-27,32,39-40,43-44,49H,20,23-25H2,1-9H3,(H,54,57)(H,55,56)(H,58,65)(H,59,66). The molecule has 3 aromatic carbocycles. The van der Waals surface area contributed by atoms with E-state index in [4.69, 9.17) is 23.9 Å². The summed E-state index contributed by atoms with van der Waals surface area (Å²) < 4.78 is 56.0. The van der Waals surface area contributed by atoms with E-state index in [1.165, 1.54) is 31.4 Å². The molecule has 20 heteroatoms. The number of imidazole rings is 2. The first-order chi connectivity index (χ1) is 33.9. The number of aromatic nitrogens is 5. The van der Waals surface area contributed by atoms with Crippen LogP contribution in [0.25, 0.3) is 44.7 Å². The Kier molecular flexibility index (Phi) is 13.2. The molecule has 0 spiro atoms. The van der Waals surface area contributed by atoms with Crippen LogP contribution < -0.4 is 20.1 Å². The summed E-state index contributed by atoms with van der Waals surface area (Å²) in [6.07, 6.45) is 0.356. The number of aromatic amines is 2. The quantitative estimate of drug-likeness (QED) is 0.0861. The van der Waals surface area contributed by atoms with E-state index < -0.39 is 62.5 Å². The van der Waals surface area contributed by atoms with Crippen LogP contribution in [0.2, 0.25) is 19.1 Å². The Labute approximate surface area is 410 Å². The lowest BCUT2D eigenvalue weighted by atomic mass is 10.0. The highest BCUT2D eigenvalue weighted by Gasteiger charge is 2.46. The van der Waals surface area contributed by atoms with Crippen molar-refractivity contribution in [2.45, 2.75) is 89.8 Å². The van der Waals surface area contributed by atoms with Crippen molar-refractivity contribution in [2.24, 2.45) is 11.8 Å². The fraction of sp³-hybridized carbons (Fsp3) is 0.412. The number of H-pyrrole nitrogens is 2. The summed E-state index contributed by atoms with van der Waals surface area (Å²) in [7, 11) is 2.19. The van der Waals surface area contributed by atoms with E-state index in [1.807, 2.05) is 71.8 Å². The smallest absolute Gasteiger partial charge is 0.407 e. The number of alkyl halides is 1. The van der Waals surface area contributed by atoms with Crippen molar-refractivity contribution in [3.05, 3.63) is 96.1 Å². The maximum absolute atomic E-state index is 16.9. The Balaban J connectivity index is 1.05. The molecule has 2 fully saturated rings. The Morgan fingerprint density at radius 1 is 0.803 bits per heavy atom. The van der Waals surface area contributed by atoms with Gasteiger partial charge >= 0.3 is 12.2 Å². The maximum Gasteiger partial charge on any atom is 0.407 e. The molecule has 0 aliphatic carbocycles. The number of alkyl carbamates (subject to hydrolysis) is 2. The zero-order chi connectivity index (χ0) is 50.6. The largest absolute Gasteiger partial charge is 0.497 e. The minimum atomic E-state index is -1.87. The van der Waals surface area contributed by atoms with Crippen LogP contribution in [0.15, 0.2) is 73.1 Å². The SMILES string of the molecule is COC(=O)NC(C(=O)N1CC(F)CC1c1ncc(-c2cc(F)c3c(c2)OC(c2cccc(OC)c2)n2c-3cc3cc(-c4cnc(C5C[Si](C)(C)CN5C(=O)C(NC(=O)OC)C(C)C)[nH]4)ccc32)[nH]1)C(C)C. The van der Waals surface area contributed by atoms with E-state index in [0.717, 1.165) is 33.8 Å². The Morgan fingerprint density at radius 2 is 1.44 bits per heavy atom. The molecule has 2 saturated heterocycles. The van der Waals surface area contributed by atoms with Crippen LogP contribution in [-0.4, -0.2) is 119 Å². The zero-order valence-electron chi connectivity index (χ0n) is 41.1. The fourth-order valence-corrected chi connectivity index (χ4v) is 13.1. The van der Waals surface area contributed by atoms with Crippen LogP contribution in [0.5, 0.6) is 11.5 Å². The molecule has 71 heavy (non-hydrogen) atoms. The van der Waals surface area contributed by atoms with Gasteiger partial charge in [-0.1, -0.05) is 59.0 Å². The van der Waals surface area contributed by atoms with Crippen molar-refractivity contribution in [2.75, 3.05) is 34.0 Å². The number of ether oxygens (including phenoxy) is 4. The fourth-order valence-electron chi connectivity index (χ4n) is 10.2. The molecule has 6 unspecified atom stereocenters. The molecule has 9 rings (SSSR count). The number of methoxy groups -OCH3 is 3. The molecule has 6 atom stereocenters. The first-order valence-corrected chi connectivity index (χ1v) is 27.1. The normalized spacial score (nSPS) is 20.1. The highest BCUT2D eigenvalue weighted by Crippen LogP contribution is 2.48. The summed E-state index contributed by atoms with van der Waals surface area (Å²) in [5.74, 6) is 0.158. The van der Waals surface area contributed by atoms with E-state index in [1.54, 1.807) is 33.2 Å². The number of likely N-dealkylation sites (tertiary alicyclic amines) is 1. The third kappa shape index (κ3) is 9.32. The lowest BCUT2D eigenvalue weighted by Gasteiger charge is -2.31. The number of halogens is 2. The topological polar surface area (TPSA) is 198 Å². The molecule has 374 valence electrons. The van der Waals surface area contributed by atoms with E-state index >= 15 is 8.78 Å². The maximum atomic E-state index is 16.9. The molecular weight excluding hydrogens is 933 g/mol. The summed E-state index contributed by atoms with van der Waals surface area (Å²) in [5.41, 5.74) is 4.76. The Bertz CT molecular complexity index is 3020. The summed E-state index contributed by atoms with van der Waals surface area (Å²) in [6, 6.07) is 16.5. The first kappa shape index (κ1) is 48.8. The predicted octanol–water partition coefficient (Wildman–Crippen LogP) is 8.68. The number of hydrogen-bond donors (Lipinski definition) is 4. The molecule has 17 nitrogen and oxygen atoms in total. The first-order valence-electron chi connectivity index (χ1n) is 23.7. The minimum Gasteiger partial charge on any atom is -0.497 e. The molecule has 3 aliphatic rings. The molecule has 3 aliphatic heterocycles. The number of fused-ring (bicyclic) bond motifs is 5. The van der Waals surface area contributed by atoms with E-state index in [-0.39, 0.29) is 48.1 Å². The zero-order valence-corrected chi connectivity index (χ0v) is 42.1. The van der Waals surface area contributed by atoms with Gasteiger partial charge in [0.1, 0.15) is 47.2 Å². The summed E-state index contributed by atoms with van der Waals surface area (Å²) in [6.45, 7) is 11.6. The number of rotatable bonds is 12. The van der Waals surface area contributed by atoms with Crippen LogP contribution in [0.3, 0.4) is 0 Å². The number of benzene rings is 3. The lowest BCUT2D eigenvalue weighted by Crippen LogP contribution is -2.52. The second kappa shape index (κ2) is 19.2. The van der Waals surface area contributed by atoms with Gasteiger partial charge in [0.2, 0.25) is 18.0 Å². The molecule has 4 amide bonds. The molecule has 3 aromatic heterocycles. The van der Waals surface area contributed by atoms with Crippen molar-refractivity contribution >= 4 is 43.0 Å². The Morgan fingerprint density at radius 3 is 2.07 bits per heavy atom. The molecule has 6 aromatic rings. The van der Waals surface area contributed by atoms with Gasteiger partial charge in [0, 0.05) is 34.7 Å². The van der Waals surface area contributed by atoms with E-state index in [2.05, 4.69) is 38.7 Å². The Hall–Kier alpha value is -7.22. The van der Waals surface area contributed by atoms with Gasteiger partial charge in [-0.15, -0.1) is 0 Å². The van der Waals surface area contributed by atoms with Gasteiger partial charge in [-0.05, 0) is 60.3 Å². The van der Waals surface area contributed by atoms with Crippen molar-refractivity contribution in [3.63, 3.8) is 0 Å². The van der Waals surface area contributed by atoms with Crippen LogP contribution in [0.1, 0.15) is 69.6 Å². The summed E-state index contributed by atoms with van der Waals surface area (Å²) >= 11 is 0. The van der Waals surface area contributed by atoms with Crippen LogP contribution in [-0.2, 0) is 19.1 Å². The average Bonchev–Trinajstić information content (AvgIpc) is 4.21. The van der Waals surface area contributed by atoms with Gasteiger partial charge in [0.15, 0.2) is 0 Å². The van der Waals surface area contributed by atoms with Crippen molar-refractivity contribution in [1.82, 2.24) is 44.9 Å².